The van der Waals surface area contributed by atoms with Gasteiger partial charge in [0.25, 0.3) is 0 Å². The van der Waals surface area contributed by atoms with Crippen LogP contribution in [0, 0.1) is 13.8 Å². The first-order valence-corrected chi connectivity index (χ1v) is 5.75. The summed E-state index contributed by atoms with van der Waals surface area (Å²) in [6, 6.07) is 1.96. The molecule has 0 saturated carbocycles. The summed E-state index contributed by atoms with van der Waals surface area (Å²) in [6.45, 7) is 4.65. The lowest BCUT2D eigenvalue weighted by atomic mass is 10.3. The number of nitrogens with zero attached hydrogens (tertiary/aromatic N) is 1. The number of furan rings is 1. The third-order valence-corrected chi connectivity index (χ3v) is 3.60. The van der Waals surface area contributed by atoms with Crippen molar-refractivity contribution in [3.05, 3.63) is 28.7 Å². The van der Waals surface area contributed by atoms with Crippen molar-refractivity contribution in [1.29, 1.82) is 0 Å². The molecule has 3 nitrogen and oxygen atoms in total. The minimum Gasteiger partial charge on any atom is -0.469 e. The first-order valence-electron chi connectivity index (χ1n) is 4.93. The number of hydrogen-bond acceptors (Lipinski definition) is 4. The van der Waals surface area contributed by atoms with Crippen LogP contribution < -0.4 is 5.73 Å². The first-order chi connectivity index (χ1) is 7.22. The molecule has 0 radical (unpaired) electrons. The highest BCUT2D eigenvalue weighted by molar-refractivity contribution is 7.15. The number of thiazole rings is 1. The van der Waals surface area contributed by atoms with Crippen LogP contribution in [0.5, 0.6) is 0 Å². The minimum absolute atomic E-state index is 0.673. The number of hydrogen-bond donors (Lipinski definition) is 1. The van der Waals surface area contributed by atoms with E-state index in [-0.39, 0.29) is 0 Å². The summed E-state index contributed by atoms with van der Waals surface area (Å²) in [5.41, 5.74) is 7.72. The van der Waals surface area contributed by atoms with E-state index < -0.39 is 0 Å². The second kappa shape index (κ2) is 4.16. The lowest BCUT2D eigenvalue weighted by Gasteiger charge is -1.91. The maximum absolute atomic E-state index is 5.55. The third-order valence-electron chi connectivity index (χ3n) is 2.35. The maximum atomic E-state index is 5.55. The molecule has 0 fully saturated rings. The molecule has 2 aromatic heterocycles. The summed E-state index contributed by atoms with van der Waals surface area (Å²) in [4.78, 5) is 5.81. The normalized spacial score (nSPS) is 10.9. The molecule has 2 rings (SSSR count). The van der Waals surface area contributed by atoms with E-state index in [1.807, 2.05) is 19.9 Å². The van der Waals surface area contributed by atoms with Gasteiger partial charge in [0.05, 0.1) is 17.5 Å². The number of rotatable bonds is 3. The molecule has 2 aromatic rings. The molecular weight excluding hydrogens is 208 g/mol. The van der Waals surface area contributed by atoms with Crippen molar-refractivity contribution < 1.29 is 4.42 Å². The molecule has 4 heteroatoms. The van der Waals surface area contributed by atoms with Crippen LogP contribution in [0.4, 0.5) is 0 Å². The largest absolute Gasteiger partial charge is 0.469 e. The molecule has 0 saturated heterocycles. The Hall–Kier alpha value is -1.13. The van der Waals surface area contributed by atoms with Gasteiger partial charge in [0.2, 0.25) is 0 Å². The number of nitrogens with two attached hydrogens (primary N) is 1. The highest BCUT2D eigenvalue weighted by Crippen LogP contribution is 2.30. The van der Waals surface area contributed by atoms with E-state index in [9.17, 15) is 0 Å². The fraction of sp³-hybridized carbons (Fsp3) is 0.364. The molecule has 0 aliphatic heterocycles. The van der Waals surface area contributed by atoms with Crippen molar-refractivity contribution in [3.8, 4) is 10.6 Å². The van der Waals surface area contributed by atoms with Gasteiger partial charge >= 0.3 is 0 Å². The number of aromatic nitrogens is 1. The molecule has 80 valence electrons. The van der Waals surface area contributed by atoms with Crippen LogP contribution in [0.2, 0.25) is 0 Å². The minimum atomic E-state index is 0.673. The van der Waals surface area contributed by atoms with Crippen LogP contribution in [0.1, 0.15) is 16.3 Å². The van der Waals surface area contributed by atoms with Crippen LogP contribution in [0.3, 0.4) is 0 Å². The van der Waals surface area contributed by atoms with Crippen molar-refractivity contribution in [1.82, 2.24) is 4.98 Å². The van der Waals surface area contributed by atoms with Crippen LogP contribution >= 0.6 is 11.3 Å². The van der Waals surface area contributed by atoms with Crippen molar-refractivity contribution in [2.75, 3.05) is 6.54 Å². The zero-order chi connectivity index (χ0) is 10.8. The van der Waals surface area contributed by atoms with Crippen molar-refractivity contribution in [2.45, 2.75) is 20.3 Å². The van der Waals surface area contributed by atoms with Gasteiger partial charge in [0.1, 0.15) is 10.8 Å². The van der Waals surface area contributed by atoms with Crippen LogP contribution in [0.15, 0.2) is 16.7 Å². The van der Waals surface area contributed by atoms with E-state index in [0.29, 0.717) is 6.54 Å². The Kier molecular flexibility index (Phi) is 2.88. The molecule has 0 aliphatic rings. The van der Waals surface area contributed by atoms with Gasteiger partial charge in [-0.2, -0.15) is 0 Å². The third kappa shape index (κ3) is 1.96. The Balaban J connectivity index is 2.38. The second-order valence-corrected chi connectivity index (χ2v) is 4.54. The van der Waals surface area contributed by atoms with Gasteiger partial charge in [-0.3, -0.25) is 0 Å². The van der Waals surface area contributed by atoms with Crippen molar-refractivity contribution in [3.63, 3.8) is 0 Å². The summed E-state index contributed by atoms with van der Waals surface area (Å²) in [7, 11) is 0. The zero-order valence-electron chi connectivity index (χ0n) is 8.91. The summed E-state index contributed by atoms with van der Waals surface area (Å²) < 4.78 is 5.27. The van der Waals surface area contributed by atoms with Gasteiger partial charge in [0.15, 0.2) is 0 Å². The Bertz CT molecular complexity index is 459. The van der Waals surface area contributed by atoms with Crippen LogP contribution in [0.25, 0.3) is 10.6 Å². The molecule has 0 atom stereocenters. The van der Waals surface area contributed by atoms with E-state index in [2.05, 4.69) is 4.98 Å². The molecule has 0 aliphatic carbocycles. The molecule has 0 bridgehead atoms. The fourth-order valence-corrected chi connectivity index (χ4v) is 2.66. The standard InChI is InChI=1S/C11H14N2OS/c1-7-10(3-5-12)15-11(13-7)9-4-6-14-8(9)2/h4,6H,3,5,12H2,1-2H3. The van der Waals surface area contributed by atoms with E-state index in [1.54, 1.807) is 17.6 Å². The lowest BCUT2D eigenvalue weighted by Crippen LogP contribution is -2.01. The quantitative estimate of drug-likeness (QED) is 0.868. The number of aryl methyl sites for hydroxylation is 2. The zero-order valence-corrected chi connectivity index (χ0v) is 9.73. The Morgan fingerprint density at radius 1 is 1.47 bits per heavy atom. The van der Waals surface area contributed by atoms with Gasteiger partial charge in [0, 0.05) is 4.88 Å². The van der Waals surface area contributed by atoms with E-state index in [1.165, 1.54) is 4.88 Å². The maximum Gasteiger partial charge on any atom is 0.127 e. The molecule has 2 N–H and O–H groups in total. The van der Waals surface area contributed by atoms with Crippen molar-refractivity contribution in [2.24, 2.45) is 5.73 Å². The van der Waals surface area contributed by atoms with Crippen LogP contribution in [-0.2, 0) is 6.42 Å². The monoisotopic (exact) mass is 222 g/mol. The van der Waals surface area contributed by atoms with Gasteiger partial charge in [-0.15, -0.1) is 11.3 Å². The van der Waals surface area contributed by atoms with Crippen molar-refractivity contribution >= 4 is 11.3 Å². The topological polar surface area (TPSA) is 52.0 Å². The average molecular weight is 222 g/mol. The Morgan fingerprint density at radius 2 is 2.27 bits per heavy atom. The summed E-state index contributed by atoms with van der Waals surface area (Å²) in [5.74, 6) is 0.919. The first kappa shape index (κ1) is 10.4. The van der Waals surface area contributed by atoms with Gasteiger partial charge in [-0.1, -0.05) is 0 Å². The van der Waals surface area contributed by atoms with Crippen LogP contribution in [-0.4, -0.2) is 11.5 Å². The van der Waals surface area contributed by atoms with Gasteiger partial charge in [-0.05, 0) is 32.9 Å². The lowest BCUT2D eigenvalue weighted by molar-refractivity contribution is 0.535. The van der Waals surface area contributed by atoms with E-state index >= 15 is 0 Å². The molecule has 0 unspecified atom stereocenters. The fourth-order valence-electron chi connectivity index (χ4n) is 1.51. The summed E-state index contributed by atoms with van der Waals surface area (Å²) >= 11 is 1.70. The average Bonchev–Trinajstić information content (AvgIpc) is 2.75. The second-order valence-electron chi connectivity index (χ2n) is 3.46. The van der Waals surface area contributed by atoms with Gasteiger partial charge in [-0.25, -0.2) is 4.98 Å². The predicted octanol–water partition coefficient (Wildman–Crippen LogP) is 2.52. The molecule has 15 heavy (non-hydrogen) atoms. The highest BCUT2D eigenvalue weighted by Gasteiger charge is 2.12. The summed E-state index contributed by atoms with van der Waals surface area (Å²) in [5, 5.41) is 1.03. The molecular formula is C11H14N2OS. The van der Waals surface area contributed by atoms with E-state index in [4.69, 9.17) is 10.2 Å². The van der Waals surface area contributed by atoms with E-state index in [0.717, 1.165) is 28.4 Å². The molecule has 0 spiro atoms. The molecule has 0 amide bonds. The molecule has 0 aromatic carbocycles. The SMILES string of the molecule is Cc1nc(-c2ccoc2C)sc1CCN. The summed E-state index contributed by atoms with van der Waals surface area (Å²) in [6.07, 6.45) is 2.60. The Labute approximate surface area is 92.9 Å². The predicted molar refractivity (Wildman–Crippen MR) is 62.0 cm³/mol. The van der Waals surface area contributed by atoms with Gasteiger partial charge < -0.3 is 10.2 Å². The smallest absolute Gasteiger partial charge is 0.127 e. The highest BCUT2D eigenvalue weighted by atomic mass is 32.1. The Morgan fingerprint density at radius 3 is 2.87 bits per heavy atom. The molecule has 2 heterocycles.